The van der Waals surface area contributed by atoms with Gasteiger partial charge in [-0.05, 0) is 6.42 Å². The second kappa shape index (κ2) is 7.47. The van der Waals surface area contributed by atoms with Gasteiger partial charge in [0.15, 0.2) is 0 Å². The molecule has 1 N–H and O–H groups in total. The summed E-state index contributed by atoms with van der Waals surface area (Å²) in [6, 6.07) is 1.82. The van der Waals surface area contributed by atoms with Crippen molar-refractivity contribution in [2.75, 3.05) is 37.5 Å². The van der Waals surface area contributed by atoms with Crippen LogP contribution < -0.4 is 10.2 Å². The second-order valence-electron chi connectivity index (χ2n) is 3.97. The van der Waals surface area contributed by atoms with Crippen LogP contribution in [0.25, 0.3) is 0 Å². The molecule has 0 radical (unpaired) electrons. The van der Waals surface area contributed by atoms with Gasteiger partial charge in [-0.15, -0.1) is 0 Å². The highest BCUT2D eigenvalue weighted by Crippen LogP contribution is 2.12. The van der Waals surface area contributed by atoms with E-state index in [1.807, 2.05) is 13.1 Å². The Hall–Kier alpha value is -1.85. The molecule has 0 amide bonds. The van der Waals surface area contributed by atoms with Crippen LogP contribution in [0.3, 0.4) is 0 Å². The third-order valence-electron chi connectivity index (χ3n) is 2.53. The molecule has 6 heteroatoms. The summed E-state index contributed by atoms with van der Waals surface area (Å²) in [6.07, 6.45) is 3.74. The van der Waals surface area contributed by atoms with Crippen molar-refractivity contribution in [1.82, 2.24) is 9.97 Å². The zero-order chi connectivity index (χ0) is 13.4. The van der Waals surface area contributed by atoms with Crippen LogP contribution >= 0.6 is 0 Å². The molecule has 1 rings (SSSR count). The molecule has 0 unspecified atom stereocenters. The summed E-state index contributed by atoms with van der Waals surface area (Å²) in [7, 11) is 3.34. The van der Waals surface area contributed by atoms with Crippen LogP contribution in [0, 0.1) is 0 Å². The predicted octanol–water partition coefficient (Wildman–Crippen LogP) is 1.30. The fraction of sp³-hybridized carbons (Fsp3) is 0.583. The van der Waals surface area contributed by atoms with Crippen LogP contribution in [0.2, 0.25) is 0 Å². The molecule has 0 spiro atoms. The first-order valence-electron chi connectivity index (χ1n) is 6.01. The molecule has 18 heavy (non-hydrogen) atoms. The molecule has 0 aliphatic rings. The second-order valence-corrected chi connectivity index (χ2v) is 3.97. The van der Waals surface area contributed by atoms with Crippen molar-refractivity contribution in [2.24, 2.45) is 0 Å². The molecule has 0 saturated carbocycles. The molecule has 0 saturated heterocycles. The van der Waals surface area contributed by atoms with Gasteiger partial charge >= 0.3 is 5.97 Å². The molecule has 1 aromatic rings. The van der Waals surface area contributed by atoms with E-state index in [4.69, 9.17) is 0 Å². The molecule has 6 nitrogen and oxygen atoms in total. The molecular weight excluding hydrogens is 232 g/mol. The van der Waals surface area contributed by atoms with Gasteiger partial charge < -0.3 is 15.0 Å². The van der Waals surface area contributed by atoms with E-state index < -0.39 is 0 Å². The Bertz CT molecular complexity index is 384. The Labute approximate surface area is 107 Å². The van der Waals surface area contributed by atoms with Gasteiger partial charge in [0.1, 0.15) is 24.5 Å². The summed E-state index contributed by atoms with van der Waals surface area (Å²) in [5, 5.41) is 2.89. The van der Waals surface area contributed by atoms with Gasteiger partial charge in [-0.25, -0.2) is 9.97 Å². The maximum absolute atomic E-state index is 11.0. The minimum Gasteiger partial charge on any atom is -0.468 e. The number of unbranched alkanes of at least 4 members (excludes halogenated alkanes) is 1. The van der Waals surface area contributed by atoms with Gasteiger partial charge in [-0.3, -0.25) is 4.79 Å². The lowest BCUT2D eigenvalue weighted by atomic mass is 10.3. The highest BCUT2D eigenvalue weighted by Gasteiger charge is 2.05. The molecule has 0 aliphatic carbocycles. The number of anilines is 2. The molecule has 100 valence electrons. The summed E-state index contributed by atoms with van der Waals surface area (Å²) < 4.78 is 4.55. The first-order valence-corrected chi connectivity index (χ1v) is 6.01. The number of esters is 1. The summed E-state index contributed by atoms with van der Waals surface area (Å²) in [5.41, 5.74) is 0. The van der Waals surface area contributed by atoms with Crippen molar-refractivity contribution in [2.45, 2.75) is 19.8 Å². The standard InChI is InChI=1S/C12H20N4O2/c1-4-5-6-16(2)11-7-10(14-9-15-11)13-8-12(17)18-3/h7,9H,4-6,8H2,1-3H3,(H,13,14,15). The zero-order valence-electron chi connectivity index (χ0n) is 11.1. The monoisotopic (exact) mass is 252 g/mol. The number of rotatable bonds is 7. The molecule has 1 aromatic heterocycles. The van der Waals surface area contributed by atoms with E-state index in [0.717, 1.165) is 25.2 Å². The van der Waals surface area contributed by atoms with Crippen molar-refractivity contribution < 1.29 is 9.53 Å². The number of carbonyl (C=O) groups excluding carboxylic acids is 1. The SMILES string of the molecule is CCCCN(C)c1cc(NCC(=O)OC)ncn1. The van der Waals surface area contributed by atoms with Gasteiger partial charge in [0.25, 0.3) is 0 Å². The van der Waals surface area contributed by atoms with Gasteiger partial charge in [-0.2, -0.15) is 0 Å². The maximum Gasteiger partial charge on any atom is 0.325 e. The molecule has 0 aliphatic heterocycles. The summed E-state index contributed by atoms with van der Waals surface area (Å²) in [5.74, 6) is 1.13. The first-order chi connectivity index (χ1) is 8.67. The minimum atomic E-state index is -0.325. The average molecular weight is 252 g/mol. The van der Waals surface area contributed by atoms with Crippen LogP contribution in [0.4, 0.5) is 11.6 Å². The van der Waals surface area contributed by atoms with Crippen molar-refractivity contribution >= 4 is 17.6 Å². The molecule has 0 fully saturated rings. The Morgan fingerprint density at radius 1 is 1.50 bits per heavy atom. The topological polar surface area (TPSA) is 67.4 Å². The van der Waals surface area contributed by atoms with Crippen molar-refractivity contribution in [3.8, 4) is 0 Å². The fourth-order valence-corrected chi connectivity index (χ4v) is 1.40. The average Bonchev–Trinajstić information content (AvgIpc) is 2.42. The van der Waals surface area contributed by atoms with Gasteiger partial charge in [0.05, 0.1) is 7.11 Å². The third kappa shape index (κ3) is 4.57. The summed E-state index contributed by atoms with van der Waals surface area (Å²) >= 11 is 0. The first kappa shape index (κ1) is 14.2. The molecule has 0 aromatic carbocycles. The van der Waals surface area contributed by atoms with Gasteiger partial charge in [0, 0.05) is 19.7 Å². The number of hydrogen-bond acceptors (Lipinski definition) is 6. The predicted molar refractivity (Wildman–Crippen MR) is 70.7 cm³/mol. The van der Waals surface area contributed by atoms with E-state index in [-0.39, 0.29) is 12.5 Å². The summed E-state index contributed by atoms with van der Waals surface area (Å²) in [6.45, 7) is 3.20. The lowest BCUT2D eigenvalue weighted by Gasteiger charge is -2.17. The highest BCUT2D eigenvalue weighted by molar-refractivity contribution is 5.74. The van der Waals surface area contributed by atoms with Crippen LogP contribution in [0.15, 0.2) is 12.4 Å². The minimum absolute atomic E-state index is 0.103. The van der Waals surface area contributed by atoms with E-state index >= 15 is 0 Å². The maximum atomic E-state index is 11.0. The van der Waals surface area contributed by atoms with Crippen LogP contribution in [-0.2, 0) is 9.53 Å². The van der Waals surface area contributed by atoms with Crippen molar-refractivity contribution in [1.29, 1.82) is 0 Å². The Morgan fingerprint density at radius 3 is 2.94 bits per heavy atom. The van der Waals surface area contributed by atoms with Gasteiger partial charge in [-0.1, -0.05) is 13.3 Å². The van der Waals surface area contributed by atoms with E-state index in [9.17, 15) is 4.79 Å². The van der Waals surface area contributed by atoms with E-state index in [1.54, 1.807) is 0 Å². The lowest BCUT2D eigenvalue weighted by Crippen LogP contribution is -2.20. The Morgan fingerprint density at radius 2 is 2.28 bits per heavy atom. The molecule has 0 atom stereocenters. The van der Waals surface area contributed by atoms with E-state index in [1.165, 1.54) is 13.4 Å². The van der Waals surface area contributed by atoms with Crippen molar-refractivity contribution in [3.63, 3.8) is 0 Å². The Balaban J connectivity index is 2.58. The normalized spacial score (nSPS) is 9.94. The number of nitrogens with zero attached hydrogens (tertiary/aromatic N) is 3. The van der Waals surface area contributed by atoms with E-state index in [2.05, 4.69) is 31.8 Å². The van der Waals surface area contributed by atoms with Crippen LogP contribution in [0.1, 0.15) is 19.8 Å². The number of ether oxygens (including phenoxy) is 1. The quantitative estimate of drug-likeness (QED) is 0.738. The van der Waals surface area contributed by atoms with Crippen molar-refractivity contribution in [3.05, 3.63) is 12.4 Å². The smallest absolute Gasteiger partial charge is 0.325 e. The van der Waals surface area contributed by atoms with Crippen LogP contribution in [-0.4, -0.2) is 43.2 Å². The molecule has 0 bridgehead atoms. The number of carbonyl (C=O) groups is 1. The lowest BCUT2D eigenvalue weighted by molar-refractivity contribution is -0.138. The number of aromatic nitrogens is 2. The third-order valence-corrected chi connectivity index (χ3v) is 2.53. The van der Waals surface area contributed by atoms with E-state index in [0.29, 0.717) is 5.82 Å². The number of methoxy groups -OCH3 is 1. The van der Waals surface area contributed by atoms with Gasteiger partial charge in [0.2, 0.25) is 0 Å². The van der Waals surface area contributed by atoms with Crippen LogP contribution in [0.5, 0.6) is 0 Å². The highest BCUT2D eigenvalue weighted by atomic mass is 16.5. The number of hydrogen-bond donors (Lipinski definition) is 1. The largest absolute Gasteiger partial charge is 0.468 e. The molecular formula is C12H20N4O2. The fourth-order valence-electron chi connectivity index (χ4n) is 1.40. The summed E-state index contributed by atoms with van der Waals surface area (Å²) in [4.78, 5) is 21.3. The number of nitrogens with one attached hydrogen (secondary N) is 1. The Kier molecular flexibility index (Phi) is 5.90. The zero-order valence-corrected chi connectivity index (χ0v) is 11.1. The molecule has 1 heterocycles.